The van der Waals surface area contributed by atoms with Gasteiger partial charge in [0, 0.05) is 13.0 Å². The summed E-state index contributed by atoms with van der Waals surface area (Å²) in [7, 11) is 0. The molecule has 2 aromatic carbocycles. The van der Waals surface area contributed by atoms with Crippen molar-refractivity contribution in [3.8, 4) is 0 Å². The largest absolute Gasteiger partial charge is 0.333 e. The first-order valence-electron chi connectivity index (χ1n) is 8.92. The fourth-order valence-electron chi connectivity index (χ4n) is 3.63. The van der Waals surface area contributed by atoms with Gasteiger partial charge in [-0.05, 0) is 36.5 Å². The van der Waals surface area contributed by atoms with Gasteiger partial charge in [-0.1, -0.05) is 49.4 Å². The van der Waals surface area contributed by atoms with Gasteiger partial charge >= 0.3 is 0 Å². The molecular weight excluding hydrogens is 328 g/mol. The van der Waals surface area contributed by atoms with E-state index in [2.05, 4.69) is 30.0 Å². The van der Waals surface area contributed by atoms with Gasteiger partial charge in [0.2, 0.25) is 5.91 Å². The zero-order valence-corrected chi connectivity index (χ0v) is 15.2. The Bertz CT molecular complexity index is 841. The van der Waals surface area contributed by atoms with Crippen LogP contribution in [0.5, 0.6) is 0 Å². The summed E-state index contributed by atoms with van der Waals surface area (Å²) in [6.07, 6.45) is 2.64. The van der Waals surface area contributed by atoms with Crippen LogP contribution in [0.2, 0.25) is 0 Å². The highest BCUT2D eigenvalue weighted by Crippen LogP contribution is 2.37. The molecule has 1 aliphatic rings. The van der Waals surface area contributed by atoms with Gasteiger partial charge in [-0.25, -0.2) is 4.98 Å². The second-order valence-electron chi connectivity index (χ2n) is 6.78. The predicted octanol–water partition coefficient (Wildman–Crippen LogP) is 5.15. The van der Waals surface area contributed by atoms with Crippen molar-refractivity contribution >= 4 is 27.5 Å². The van der Waals surface area contributed by atoms with Crippen LogP contribution in [0.15, 0.2) is 54.6 Å². The Morgan fingerprint density at radius 1 is 1.20 bits per heavy atom. The number of benzene rings is 2. The molecule has 4 rings (SSSR count). The maximum atomic E-state index is 12.9. The first-order chi connectivity index (χ1) is 12.2. The Kier molecular flexibility index (Phi) is 4.53. The SMILES string of the molecule is CC(CC(=O)N1CCCC1c1nc2ccccc2s1)c1ccccc1. The first-order valence-corrected chi connectivity index (χ1v) is 9.74. The highest BCUT2D eigenvalue weighted by molar-refractivity contribution is 7.18. The average molecular weight is 350 g/mol. The molecule has 128 valence electrons. The summed E-state index contributed by atoms with van der Waals surface area (Å²) < 4.78 is 1.20. The second-order valence-corrected chi connectivity index (χ2v) is 7.84. The number of carbonyl (C=O) groups is 1. The molecule has 0 spiro atoms. The van der Waals surface area contributed by atoms with Crippen LogP contribution in [0.25, 0.3) is 10.2 Å². The molecule has 3 aromatic rings. The molecule has 0 aliphatic carbocycles. The number of aromatic nitrogens is 1. The summed E-state index contributed by atoms with van der Waals surface area (Å²) in [6, 6.07) is 18.7. The maximum absolute atomic E-state index is 12.9. The van der Waals surface area contributed by atoms with Crippen molar-refractivity contribution in [3.05, 3.63) is 65.2 Å². The van der Waals surface area contributed by atoms with Crippen molar-refractivity contribution in [1.29, 1.82) is 0 Å². The summed E-state index contributed by atoms with van der Waals surface area (Å²) >= 11 is 1.73. The van der Waals surface area contributed by atoms with E-state index in [1.165, 1.54) is 10.3 Å². The topological polar surface area (TPSA) is 33.2 Å². The highest BCUT2D eigenvalue weighted by atomic mass is 32.1. The molecule has 1 aliphatic heterocycles. The Morgan fingerprint density at radius 2 is 1.96 bits per heavy atom. The molecule has 1 aromatic heterocycles. The molecule has 2 atom stereocenters. The van der Waals surface area contributed by atoms with Crippen molar-refractivity contribution in [2.75, 3.05) is 6.54 Å². The first kappa shape index (κ1) is 16.3. The van der Waals surface area contributed by atoms with E-state index >= 15 is 0 Å². The van der Waals surface area contributed by atoms with Gasteiger partial charge in [-0.15, -0.1) is 11.3 Å². The lowest BCUT2D eigenvalue weighted by Crippen LogP contribution is -2.31. The number of amides is 1. The van der Waals surface area contributed by atoms with Crippen LogP contribution < -0.4 is 0 Å². The summed E-state index contributed by atoms with van der Waals surface area (Å²) in [5, 5.41) is 1.08. The normalized spacial score (nSPS) is 18.6. The van der Waals surface area contributed by atoms with Crippen LogP contribution in [-0.2, 0) is 4.79 Å². The smallest absolute Gasteiger partial charge is 0.223 e. The molecule has 2 unspecified atom stereocenters. The Labute approximate surface area is 152 Å². The quantitative estimate of drug-likeness (QED) is 0.651. The van der Waals surface area contributed by atoms with Gasteiger partial charge in [0.05, 0.1) is 16.3 Å². The van der Waals surface area contributed by atoms with E-state index in [1.807, 2.05) is 36.4 Å². The number of rotatable bonds is 4. The molecule has 25 heavy (non-hydrogen) atoms. The third-order valence-electron chi connectivity index (χ3n) is 5.02. The van der Waals surface area contributed by atoms with Crippen LogP contribution in [0.1, 0.15) is 48.7 Å². The van der Waals surface area contributed by atoms with E-state index in [0.717, 1.165) is 29.9 Å². The van der Waals surface area contributed by atoms with Crippen LogP contribution in [0, 0.1) is 0 Å². The van der Waals surface area contributed by atoms with Gasteiger partial charge < -0.3 is 4.90 Å². The molecule has 1 fully saturated rings. The number of likely N-dealkylation sites (tertiary alicyclic amines) is 1. The van der Waals surface area contributed by atoms with E-state index < -0.39 is 0 Å². The molecular formula is C21H22N2OS. The zero-order valence-electron chi connectivity index (χ0n) is 14.4. The lowest BCUT2D eigenvalue weighted by atomic mass is 9.97. The van der Waals surface area contributed by atoms with Crippen LogP contribution in [0.4, 0.5) is 0 Å². The van der Waals surface area contributed by atoms with Gasteiger partial charge in [0.25, 0.3) is 0 Å². The minimum Gasteiger partial charge on any atom is -0.333 e. The lowest BCUT2D eigenvalue weighted by Gasteiger charge is -2.24. The van der Waals surface area contributed by atoms with Crippen molar-refractivity contribution < 1.29 is 4.79 Å². The second kappa shape index (κ2) is 6.96. The lowest BCUT2D eigenvalue weighted by molar-refractivity contribution is -0.132. The predicted molar refractivity (Wildman–Crippen MR) is 103 cm³/mol. The van der Waals surface area contributed by atoms with Gasteiger partial charge in [-0.3, -0.25) is 4.79 Å². The number of nitrogens with zero attached hydrogens (tertiary/aromatic N) is 2. The van der Waals surface area contributed by atoms with Gasteiger partial charge in [0.15, 0.2) is 0 Å². The maximum Gasteiger partial charge on any atom is 0.223 e. The fourth-order valence-corrected chi connectivity index (χ4v) is 4.75. The van der Waals surface area contributed by atoms with Crippen LogP contribution in [0.3, 0.4) is 0 Å². The standard InChI is InChI=1S/C21H22N2OS/c1-15(16-8-3-2-4-9-16)14-20(24)23-13-7-11-18(23)21-22-17-10-5-6-12-19(17)25-21/h2-6,8-10,12,15,18H,7,11,13-14H2,1H3. The molecule has 2 heterocycles. The third kappa shape index (κ3) is 3.31. The number of carbonyl (C=O) groups excluding carboxylic acids is 1. The monoisotopic (exact) mass is 350 g/mol. The van der Waals surface area contributed by atoms with Crippen molar-refractivity contribution in [1.82, 2.24) is 9.88 Å². The Balaban J connectivity index is 1.51. The van der Waals surface area contributed by atoms with Crippen LogP contribution in [-0.4, -0.2) is 22.3 Å². The van der Waals surface area contributed by atoms with Crippen molar-refractivity contribution in [2.24, 2.45) is 0 Å². The van der Waals surface area contributed by atoms with E-state index in [1.54, 1.807) is 11.3 Å². The summed E-state index contributed by atoms with van der Waals surface area (Å²) in [6.45, 7) is 2.98. The van der Waals surface area contributed by atoms with Crippen molar-refractivity contribution in [3.63, 3.8) is 0 Å². The Hall–Kier alpha value is -2.20. The number of thiazole rings is 1. The van der Waals surface area contributed by atoms with E-state index in [9.17, 15) is 4.79 Å². The molecule has 1 saturated heterocycles. The van der Waals surface area contributed by atoms with Crippen LogP contribution >= 0.6 is 11.3 Å². The number of hydrogen-bond acceptors (Lipinski definition) is 3. The molecule has 0 bridgehead atoms. The highest BCUT2D eigenvalue weighted by Gasteiger charge is 2.32. The molecule has 0 N–H and O–H groups in total. The minimum atomic E-state index is 0.146. The number of hydrogen-bond donors (Lipinski definition) is 0. The molecule has 3 nitrogen and oxygen atoms in total. The van der Waals surface area contributed by atoms with E-state index in [4.69, 9.17) is 4.98 Å². The van der Waals surface area contributed by atoms with Crippen molar-refractivity contribution in [2.45, 2.75) is 38.1 Å². The summed E-state index contributed by atoms with van der Waals surface area (Å²) in [5.41, 5.74) is 2.27. The zero-order chi connectivity index (χ0) is 17.2. The number of fused-ring (bicyclic) bond motifs is 1. The molecule has 0 radical (unpaired) electrons. The average Bonchev–Trinajstić information content (AvgIpc) is 3.28. The third-order valence-corrected chi connectivity index (χ3v) is 6.16. The molecule has 4 heteroatoms. The van der Waals surface area contributed by atoms with E-state index in [0.29, 0.717) is 6.42 Å². The fraction of sp³-hybridized carbons (Fsp3) is 0.333. The van der Waals surface area contributed by atoms with Gasteiger partial charge in [0.1, 0.15) is 5.01 Å². The minimum absolute atomic E-state index is 0.146. The van der Waals surface area contributed by atoms with E-state index in [-0.39, 0.29) is 17.9 Å². The Morgan fingerprint density at radius 3 is 2.76 bits per heavy atom. The number of para-hydroxylation sites is 1. The summed E-state index contributed by atoms with van der Waals surface area (Å²) in [4.78, 5) is 19.8. The molecule has 0 saturated carbocycles. The molecule has 1 amide bonds. The summed E-state index contributed by atoms with van der Waals surface area (Å²) in [5.74, 6) is 0.489. The van der Waals surface area contributed by atoms with Gasteiger partial charge in [-0.2, -0.15) is 0 Å².